The van der Waals surface area contributed by atoms with Gasteiger partial charge in [0.25, 0.3) is 0 Å². The first kappa shape index (κ1) is 18.8. The second-order valence-corrected chi connectivity index (χ2v) is 6.72. The highest BCUT2D eigenvalue weighted by atomic mass is 16.5. The molecule has 142 valence electrons. The molecule has 7 nitrogen and oxygen atoms in total. The number of fused-ring (bicyclic) bond motifs is 1. The number of amides is 1. The van der Waals surface area contributed by atoms with Crippen LogP contribution in [0, 0.1) is 6.92 Å². The molecule has 1 amide bonds. The lowest BCUT2D eigenvalue weighted by atomic mass is 10.1. The third kappa shape index (κ3) is 3.77. The van der Waals surface area contributed by atoms with Crippen LogP contribution in [0.3, 0.4) is 0 Å². The third-order valence-electron chi connectivity index (χ3n) is 4.75. The minimum atomic E-state index is -0.332. The molecule has 7 heteroatoms. The summed E-state index contributed by atoms with van der Waals surface area (Å²) in [5.74, 6) is 0.935. The highest BCUT2D eigenvalue weighted by Crippen LogP contribution is 2.24. The van der Waals surface area contributed by atoms with E-state index < -0.39 is 0 Å². The van der Waals surface area contributed by atoms with Gasteiger partial charge in [0.1, 0.15) is 12.6 Å². The summed E-state index contributed by atoms with van der Waals surface area (Å²) in [6.07, 6.45) is 3.08. The van der Waals surface area contributed by atoms with E-state index in [2.05, 4.69) is 10.1 Å². The number of Topliss-reactive ketones (excluding diaryl/α,β-unsaturated/α-hetero) is 1. The molecule has 0 saturated carbocycles. The molecule has 1 aromatic carbocycles. The molecule has 2 aromatic heterocycles. The average molecular weight is 368 g/mol. The van der Waals surface area contributed by atoms with Gasteiger partial charge in [-0.1, -0.05) is 30.3 Å². The summed E-state index contributed by atoms with van der Waals surface area (Å²) >= 11 is 0. The number of para-hydroxylation sites is 1. The maximum atomic E-state index is 12.8. The Morgan fingerprint density at radius 3 is 2.70 bits per heavy atom. The zero-order valence-corrected chi connectivity index (χ0v) is 16.1. The average Bonchev–Trinajstić information content (AvgIpc) is 3.25. The van der Waals surface area contributed by atoms with Crippen molar-refractivity contribution in [1.29, 1.82) is 0 Å². The second-order valence-electron chi connectivity index (χ2n) is 6.72. The van der Waals surface area contributed by atoms with Crippen LogP contribution < -0.4 is 0 Å². The number of likely N-dealkylation sites (N-methyl/N-ethyl adjacent to an activating group) is 1. The number of hydrogen-bond acceptors (Lipinski definition) is 5. The molecule has 0 aliphatic heterocycles. The smallest absolute Gasteiger partial charge is 0.249 e. The van der Waals surface area contributed by atoms with E-state index >= 15 is 0 Å². The van der Waals surface area contributed by atoms with E-state index in [1.807, 2.05) is 42.7 Å². The number of rotatable bonds is 7. The minimum Gasteiger partial charge on any atom is -0.337 e. The quantitative estimate of drug-likeness (QED) is 0.596. The Morgan fingerprint density at radius 1 is 1.30 bits per heavy atom. The van der Waals surface area contributed by atoms with Gasteiger partial charge >= 0.3 is 0 Å². The fraction of sp³-hybridized carbons (Fsp3) is 0.400. The van der Waals surface area contributed by atoms with Crippen molar-refractivity contribution in [2.75, 3.05) is 7.05 Å². The van der Waals surface area contributed by atoms with E-state index in [0.717, 1.165) is 17.3 Å². The number of hydrogen-bond donors (Lipinski definition) is 0. The molecule has 0 saturated heterocycles. The van der Waals surface area contributed by atoms with E-state index in [0.29, 0.717) is 23.7 Å². The van der Waals surface area contributed by atoms with E-state index in [9.17, 15) is 9.59 Å². The Balaban J connectivity index is 1.85. The molecule has 3 aromatic rings. The predicted octanol–water partition coefficient (Wildman–Crippen LogP) is 3.54. The van der Waals surface area contributed by atoms with Gasteiger partial charge in [0.2, 0.25) is 11.8 Å². The monoisotopic (exact) mass is 368 g/mol. The molecule has 1 atom stereocenters. The molecule has 0 spiro atoms. The largest absolute Gasteiger partial charge is 0.337 e. The summed E-state index contributed by atoms with van der Waals surface area (Å²) in [4.78, 5) is 31.0. The van der Waals surface area contributed by atoms with Crippen molar-refractivity contribution in [2.24, 2.45) is 0 Å². The number of nitrogens with zero attached hydrogens (tertiary/aromatic N) is 4. The van der Waals surface area contributed by atoms with Crippen molar-refractivity contribution in [3.05, 3.63) is 47.7 Å². The Hall–Kier alpha value is -2.96. The van der Waals surface area contributed by atoms with E-state index in [1.54, 1.807) is 25.1 Å². The molecule has 2 heterocycles. The molecule has 0 unspecified atom stereocenters. The Kier molecular flexibility index (Phi) is 5.39. The first-order valence-corrected chi connectivity index (χ1v) is 9.09. The Labute approximate surface area is 158 Å². The molecule has 0 aliphatic rings. The highest BCUT2D eigenvalue weighted by molar-refractivity contribution is 6.08. The first-order chi connectivity index (χ1) is 12.9. The van der Waals surface area contributed by atoms with Crippen LogP contribution in [-0.2, 0) is 11.3 Å². The SMILES string of the molecule is CCCC(=O)c1cn(CC(=O)N(C)[C@@H](C)c2nc(C)no2)c2ccccc12. The van der Waals surface area contributed by atoms with Crippen LogP contribution in [0.15, 0.2) is 35.0 Å². The number of carbonyl (C=O) groups is 2. The van der Waals surface area contributed by atoms with Crippen LogP contribution in [0.4, 0.5) is 0 Å². The van der Waals surface area contributed by atoms with Crippen LogP contribution in [0.1, 0.15) is 54.8 Å². The lowest BCUT2D eigenvalue weighted by Crippen LogP contribution is -2.32. The number of benzene rings is 1. The van der Waals surface area contributed by atoms with Crippen LogP contribution in [0.5, 0.6) is 0 Å². The van der Waals surface area contributed by atoms with Crippen LogP contribution in [0.2, 0.25) is 0 Å². The van der Waals surface area contributed by atoms with Crippen molar-refractivity contribution in [2.45, 2.75) is 46.2 Å². The normalized spacial score (nSPS) is 12.3. The summed E-state index contributed by atoms with van der Waals surface area (Å²) in [7, 11) is 1.71. The van der Waals surface area contributed by atoms with Crippen molar-refractivity contribution >= 4 is 22.6 Å². The van der Waals surface area contributed by atoms with Gasteiger partial charge in [0.05, 0.1) is 0 Å². The van der Waals surface area contributed by atoms with Gasteiger partial charge in [-0.05, 0) is 26.3 Å². The van der Waals surface area contributed by atoms with Crippen molar-refractivity contribution in [3.8, 4) is 0 Å². The van der Waals surface area contributed by atoms with E-state index in [1.165, 1.54) is 0 Å². The van der Waals surface area contributed by atoms with Gasteiger partial charge in [-0.2, -0.15) is 4.98 Å². The van der Waals surface area contributed by atoms with E-state index in [4.69, 9.17) is 4.52 Å². The molecule has 27 heavy (non-hydrogen) atoms. The molecule has 0 N–H and O–H groups in total. The van der Waals surface area contributed by atoms with Gasteiger partial charge in [0, 0.05) is 36.1 Å². The van der Waals surface area contributed by atoms with Gasteiger partial charge in [-0.25, -0.2) is 0 Å². The fourth-order valence-electron chi connectivity index (χ4n) is 3.08. The zero-order chi connectivity index (χ0) is 19.6. The topological polar surface area (TPSA) is 81.2 Å². The third-order valence-corrected chi connectivity index (χ3v) is 4.75. The maximum Gasteiger partial charge on any atom is 0.249 e. The number of carbonyl (C=O) groups excluding carboxylic acids is 2. The minimum absolute atomic E-state index is 0.1000. The number of aryl methyl sites for hydroxylation is 1. The van der Waals surface area contributed by atoms with E-state index in [-0.39, 0.29) is 24.3 Å². The van der Waals surface area contributed by atoms with Crippen molar-refractivity contribution in [3.63, 3.8) is 0 Å². The van der Waals surface area contributed by atoms with Gasteiger partial charge < -0.3 is 14.0 Å². The predicted molar refractivity (Wildman–Crippen MR) is 101 cm³/mol. The molecule has 3 rings (SSSR count). The first-order valence-electron chi connectivity index (χ1n) is 9.09. The van der Waals surface area contributed by atoms with Crippen LogP contribution >= 0.6 is 0 Å². The van der Waals surface area contributed by atoms with Crippen molar-refractivity contribution in [1.82, 2.24) is 19.6 Å². The van der Waals surface area contributed by atoms with Gasteiger partial charge in [0.15, 0.2) is 11.6 Å². The summed E-state index contributed by atoms with van der Waals surface area (Å²) in [5.41, 5.74) is 1.54. The summed E-state index contributed by atoms with van der Waals surface area (Å²) in [6, 6.07) is 7.33. The standard InChI is InChI=1S/C20H24N4O3/c1-5-8-18(25)16-11-24(17-10-7-6-9-15(16)17)12-19(26)23(4)13(2)20-21-14(3)22-27-20/h6-7,9-11,13H,5,8,12H2,1-4H3/t13-/m0/s1. The summed E-state index contributed by atoms with van der Waals surface area (Å²) < 4.78 is 7.01. The summed E-state index contributed by atoms with van der Waals surface area (Å²) in [5, 5.41) is 4.66. The number of ketones is 1. The zero-order valence-electron chi connectivity index (χ0n) is 16.1. The lowest BCUT2D eigenvalue weighted by Gasteiger charge is -2.22. The van der Waals surface area contributed by atoms with Crippen LogP contribution in [0.25, 0.3) is 10.9 Å². The number of aromatic nitrogens is 3. The fourth-order valence-corrected chi connectivity index (χ4v) is 3.08. The van der Waals surface area contributed by atoms with Crippen LogP contribution in [-0.4, -0.2) is 38.3 Å². The lowest BCUT2D eigenvalue weighted by molar-refractivity contribution is -0.132. The van der Waals surface area contributed by atoms with Crippen molar-refractivity contribution < 1.29 is 14.1 Å². The molecule has 0 fully saturated rings. The molecular weight excluding hydrogens is 344 g/mol. The second kappa shape index (κ2) is 7.73. The Morgan fingerprint density at radius 2 is 2.04 bits per heavy atom. The van der Waals surface area contributed by atoms with Gasteiger partial charge in [-0.15, -0.1) is 0 Å². The summed E-state index contributed by atoms with van der Waals surface area (Å²) in [6.45, 7) is 5.70. The van der Waals surface area contributed by atoms with Gasteiger partial charge in [-0.3, -0.25) is 9.59 Å². The molecule has 0 bridgehead atoms. The highest BCUT2D eigenvalue weighted by Gasteiger charge is 2.23. The molecule has 0 aliphatic carbocycles. The molecule has 0 radical (unpaired) electrons. The molecular formula is C20H24N4O3. The Bertz CT molecular complexity index is 973. The maximum absolute atomic E-state index is 12.8.